The molecule has 1 amide bonds. The van der Waals surface area contributed by atoms with Crippen molar-refractivity contribution >= 4 is 23.0 Å². The molecule has 2 aromatic carbocycles. The number of benzene rings is 2. The van der Waals surface area contributed by atoms with Crippen LogP contribution in [-0.2, 0) is 11.3 Å². The number of carbonyl (C=O) groups excluding carboxylic acids is 1. The van der Waals surface area contributed by atoms with E-state index in [9.17, 15) is 14.7 Å². The van der Waals surface area contributed by atoms with Crippen molar-refractivity contribution in [2.45, 2.75) is 96.7 Å². The summed E-state index contributed by atoms with van der Waals surface area (Å²) in [4.78, 5) is 29.3. The zero-order valence-corrected chi connectivity index (χ0v) is 30.0. The molecule has 2 N–H and O–H groups in total. The van der Waals surface area contributed by atoms with E-state index in [1.165, 1.54) is 37.7 Å². The first kappa shape index (κ1) is 35.1. The van der Waals surface area contributed by atoms with Gasteiger partial charge < -0.3 is 29.2 Å². The lowest BCUT2D eigenvalue weighted by atomic mass is 9.81. The van der Waals surface area contributed by atoms with Gasteiger partial charge in [-0.25, -0.2) is 9.59 Å². The second-order valence-corrected chi connectivity index (χ2v) is 15.1. The fourth-order valence-electron chi connectivity index (χ4n) is 7.82. The smallest absolute Gasteiger partial charge is 0.407 e. The highest BCUT2D eigenvalue weighted by molar-refractivity contribution is 5.99. The number of fused-ring (bicyclic) bond motifs is 5. The van der Waals surface area contributed by atoms with Crippen LogP contribution in [0.15, 0.2) is 30.3 Å². The number of likely N-dealkylation sites (N-methyl/N-ethyl adjacent to an activating group) is 1. The summed E-state index contributed by atoms with van der Waals surface area (Å²) in [5.74, 6) is 0.931. The Labute approximate surface area is 290 Å². The summed E-state index contributed by atoms with van der Waals surface area (Å²) in [6.07, 6.45) is 7.86. The lowest BCUT2D eigenvalue weighted by molar-refractivity contribution is 0.0516. The number of nitrogens with zero attached hydrogens (tertiary/aromatic N) is 3. The molecule has 3 aromatic rings. The third kappa shape index (κ3) is 8.01. The van der Waals surface area contributed by atoms with Gasteiger partial charge in [-0.2, -0.15) is 0 Å². The van der Waals surface area contributed by atoms with Crippen LogP contribution in [0.3, 0.4) is 0 Å². The number of carboxylic acid groups (broad SMARTS) is 1. The number of nitrogens with one attached hydrogen (secondary N) is 1. The molecule has 1 aromatic heterocycles. The third-order valence-corrected chi connectivity index (χ3v) is 10.4. The van der Waals surface area contributed by atoms with Crippen LogP contribution >= 0.6 is 0 Å². The first-order chi connectivity index (χ1) is 23.5. The average molecular weight is 675 g/mol. The van der Waals surface area contributed by atoms with E-state index in [4.69, 9.17) is 14.2 Å². The minimum atomic E-state index is -0.932. The van der Waals surface area contributed by atoms with Gasteiger partial charge in [0.2, 0.25) is 0 Å². The molecule has 0 spiro atoms. The Morgan fingerprint density at radius 3 is 2.53 bits per heavy atom. The van der Waals surface area contributed by atoms with Crippen molar-refractivity contribution in [2.75, 3.05) is 53.0 Å². The van der Waals surface area contributed by atoms with Crippen LogP contribution in [0.2, 0.25) is 0 Å². The van der Waals surface area contributed by atoms with E-state index in [1.54, 1.807) is 6.07 Å². The maximum absolute atomic E-state index is 12.4. The molecular formula is C39H54N4O6. The van der Waals surface area contributed by atoms with Crippen LogP contribution in [-0.4, -0.2) is 96.2 Å². The zero-order valence-electron chi connectivity index (χ0n) is 30.0. The number of carboxylic acids is 1. The predicted molar refractivity (Wildman–Crippen MR) is 192 cm³/mol. The summed E-state index contributed by atoms with van der Waals surface area (Å²) >= 11 is 0. The minimum Gasteiger partial charge on any atom is -0.488 e. The summed E-state index contributed by atoms with van der Waals surface area (Å²) in [6, 6.07) is 9.72. The van der Waals surface area contributed by atoms with Crippen molar-refractivity contribution in [1.29, 1.82) is 0 Å². The van der Waals surface area contributed by atoms with Crippen LogP contribution < -0.4 is 14.8 Å². The molecule has 266 valence electrons. The van der Waals surface area contributed by atoms with E-state index in [1.807, 2.05) is 46.0 Å². The van der Waals surface area contributed by atoms with E-state index in [0.717, 1.165) is 71.7 Å². The largest absolute Gasteiger partial charge is 0.488 e. The summed E-state index contributed by atoms with van der Waals surface area (Å²) in [6.45, 7) is 13.4. The van der Waals surface area contributed by atoms with Crippen molar-refractivity contribution in [3.63, 3.8) is 0 Å². The van der Waals surface area contributed by atoms with Crippen LogP contribution in [0.5, 0.6) is 11.5 Å². The van der Waals surface area contributed by atoms with Crippen LogP contribution in [0.1, 0.15) is 93.1 Å². The molecular weight excluding hydrogens is 620 g/mol. The van der Waals surface area contributed by atoms with Gasteiger partial charge in [0, 0.05) is 42.6 Å². The first-order valence-corrected chi connectivity index (χ1v) is 18.2. The molecule has 49 heavy (non-hydrogen) atoms. The van der Waals surface area contributed by atoms with Gasteiger partial charge in [-0.1, -0.05) is 31.4 Å². The number of aryl methyl sites for hydroxylation is 1. The van der Waals surface area contributed by atoms with E-state index < -0.39 is 17.7 Å². The molecule has 0 bridgehead atoms. The van der Waals surface area contributed by atoms with Crippen molar-refractivity contribution in [3.05, 3.63) is 47.0 Å². The monoisotopic (exact) mass is 674 g/mol. The number of likely N-dealkylation sites (tertiary alicyclic amines) is 1. The lowest BCUT2D eigenvalue weighted by Crippen LogP contribution is -2.45. The van der Waals surface area contributed by atoms with Gasteiger partial charge >= 0.3 is 12.1 Å². The SMILES string of the molecule is Cc1ccc(OCCN2CCCC2)c2c1-c1c(C3CCCCC3)c3ccc(C(=O)O)cc3n1C[C@@H](N(C)CCNC(=O)OC(C)(C)C)CO2. The average Bonchev–Trinajstić information content (AvgIpc) is 3.67. The molecule has 1 atom stereocenters. The molecule has 1 saturated carbocycles. The fourth-order valence-corrected chi connectivity index (χ4v) is 7.82. The zero-order chi connectivity index (χ0) is 34.7. The number of hydrogen-bond donors (Lipinski definition) is 2. The second-order valence-electron chi connectivity index (χ2n) is 15.1. The molecule has 3 aliphatic rings. The van der Waals surface area contributed by atoms with Crippen LogP contribution in [0, 0.1) is 6.92 Å². The van der Waals surface area contributed by atoms with Gasteiger partial charge in [-0.15, -0.1) is 0 Å². The Bertz CT molecular complexity index is 1650. The summed E-state index contributed by atoms with van der Waals surface area (Å²) in [5, 5.41) is 14.1. The molecule has 10 heteroatoms. The number of alkyl carbamates (subject to hydrolysis) is 1. The Morgan fingerprint density at radius 1 is 1.06 bits per heavy atom. The van der Waals surface area contributed by atoms with E-state index in [2.05, 4.69) is 32.7 Å². The summed E-state index contributed by atoms with van der Waals surface area (Å²) in [7, 11) is 2.05. The van der Waals surface area contributed by atoms with Gasteiger partial charge in [0.05, 0.1) is 17.3 Å². The molecule has 2 aliphatic heterocycles. The van der Waals surface area contributed by atoms with E-state index in [-0.39, 0.29) is 11.6 Å². The van der Waals surface area contributed by atoms with Crippen LogP contribution in [0.4, 0.5) is 4.79 Å². The number of ether oxygens (including phenoxy) is 3. The highest BCUT2D eigenvalue weighted by atomic mass is 16.6. The van der Waals surface area contributed by atoms with Gasteiger partial charge in [0.15, 0.2) is 11.5 Å². The van der Waals surface area contributed by atoms with Gasteiger partial charge in [-0.05, 0) is 109 Å². The molecule has 2 fully saturated rings. The quantitative estimate of drug-likeness (QED) is 0.236. The standard InChI is InChI=1S/C39H54N4O6/c1-26-13-16-32(47-22-21-42-18-9-10-19-42)36-33(26)35-34(27-11-7-6-8-12-27)30-15-14-28(37(44)45)23-31(30)43(35)24-29(25-48-36)41(5)20-17-40-38(46)49-39(2,3)4/h13-16,23,27,29H,6-12,17-22,24-25H2,1-5H3,(H,40,46)(H,44,45)/t29-/m1/s1. The van der Waals surface area contributed by atoms with Crippen molar-refractivity contribution in [3.8, 4) is 22.8 Å². The van der Waals surface area contributed by atoms with Crippen LogP contribution in [0.25, 0.3) is 22.2 Å². The molecule has 10 nitrogen and oxygen atoms in total. The van der Waals surface area contributed by atoms with Crippen molar-refractivity contribution in [2.24, 2.45) is 0 Å². The normalized spacial score (nSPS) is 18.8. The number of aromatic carboxylic acids is 1. The fraction of sp³-hybridized carbons (Fsp3) is 0.590. The third-order valence-electron chi connectivity index (χ3n) is 10.4. The first-order valence-electron chi connectivity index (χ1n) is 18.2. The highest BCUT2D eigenvalue weighted by Gasteiger charge is 2.34. The van der Waals surface area contributed by atoms with E-state index >= 15 is 0 Å². The molecule has 6 rings (SSSR count). The second kappa shape index (κ2) is 15.0. The predicted octanol–water partition coefficient (Wildman–Crippen LogP) is 7.05. The number of amides is 1. The lowest BCUT2D eigenvalue weighted by Gasteiger charge is -2.33. The van der Waals surface area contributed by atoms with Gasteiger partial charge in [-0.3, -0.25) is 9.80 Å². The molecule has 0 radical (unpaired) electrons. The maximum Gasteiger partial charge on any atom is 0.407 e. The van der Waals surface area contributed by atoms with Crippen molar-refractivity contribution in [1.82, 2.24) is 19.7 Å². The minimum absolute atomic E-state index is 0.0754. The molecule has 0 unspecified atom stereocenters. The number of aromatic nitrogens is 1. The van der Waals surface area contributed by atoms with Gasteiger partial charge in [0.1, 0.15) is 18.8 Å². The summed E-state index contributed by atoms with van der Waals surface area (Å²) in [5.41, 5.74) is 5.21. The Kier molecular flexibility index (Phi) is 10.7. The molecule has 1 saturated heterocycles. The Balaban J connectivity index is 1.42. The highest BCUT2D eigenvalue weighted by Crippen LogP contribution is 2.50. The number of rotatable bonds is 10. The topological polar surface area (TPSA) is 106 Å². The van der Waals surface area contributed by atoms with Crippen molar-refractivity contribution < 1.29 is 28.9 Å². The maximum atomic E-state index is 12.4. The Hall–Kier alpha value is -3.76. The Morgan fingerprint density at radius 2 is 1.82 bits per heavy atom. The molecule has 3 heterocycles. The number of carbonyl (C=O) groups is 2. The van der Waals surface area contributed by atoms with E-state index in [0.29, 0.717) is 38.8 Å². The summed E-state index contributed by atoms with van der Waals surface area (Å²) < 4.78 is 21.2. The van der Waals surface area contributed by atoms with Gasteiger partial charge in [0.25, 0.3) is 0 Å². The molecule has 1 aliphatic carbocycles. The number of hydrogen-bond acceptors (Lipinski definition) is 7.